The van der Waals surface area contributed by atoms with E-state index in [4.69, 9.17) is 0 Å². The summed E-state index contributed by atoms with van der Waals surface area (Å²) in [6.45, 7) is 5.98. The van der Waals surface area contributed by atoms with E-state index in [1.54, 1.807) is 11.1 Å². The van der Waals surface area contributed by atoms with Gasteiger partial charge in [-0.3, -0.25) is 4.79 Å². The zero-order valence-corrected chi connectivity index (χ0v) is 15.6. The molecule has 7 heteroatoms. The number of aryl methyl sites for hydroxylation is 1. The van der Waals surface area contributed by atoms with Crippen molar-refractivity contribution < 1.29 is 9.59 Å². The van der Waals surface area contributed by atoms with Gasteiger partial charge in [0.2, 0.25) is 5.91 Å². The van der Waals surface area contributed by atoms with Crippen molar-refractivity contribution in [2.75, 3.05) is 11.9 Å². The van der Waals surface area contributed by atoms with Crippen molar-refractivity contribution in [2.24, 2.45) is 0 Å². The summed E-state index contributed by atoms with van der Waals surface area (Å²) in [6.07, 6.45) is 8.17. The first-order valence-electron chi connectivity index (χ1n) is 8.79. The number of thiazole rings is 1. The van der Waals surface area contributed by atoms with E-state index in [2.05, 4.69) is 15.6 Å². The maximum Gasteiger partial charge on any atom is 0.318 e. The Kier molecular flexibility index (Phi) is 7.02. The number of carbonyl (C=O) groups is 2. The number of anilines is 1. The van der Waals surface area contributed by atoms with Crippen LogP contribution in [-0.2, 0) is 4.79 Å². The van der Waals surface area contributed by atoms with Crippen molar-refractivity contribution in [1.29, 1.82) is 0 Å². The third-order valence-electron chi connectivity index (χ3n) is 4.50. The zero-order valence-electron chi connectivity index (χ0n) is 14.8. The molecule has 0 bridgehead atoms. The summed E-state index contributed by atoms with van der Waals surface area (Å²) in [5.41, 5.74) is 0. The molecule has 1 heterocycles. The first-order valence-corrected chi connectivity index (χ1v) is 9.60. The van der Waals surface area contributed by atoms with E-state index in [0.29, 0.717) is 5.13 Å². The summed E-state index contributed by atoms with van der Waals surface area (Å²) in [5, 5.41) is 6.46. The summed E-state index contributed by atoms with van der Waals surface area (Å²) in [4.78, 5) is 31.7. The van der Waals surface area contributed by atoms with Gasteiger partial charge < -0.3 is 15.5 Å². The highest BCUT2D eigenvalue weighted by molar-refractivity contribution is 7.15. The first kappa shape index (κ1) is 18.7. The molecule has 2 rings (SSSR count). The van der Waals surface area contributed by atoms with Crippen LogP contribution in [0.15, 0.2) is 6.20 Å². The largest absolute Gasteiger partial charge is 0.335 e. The molecule has 24 heavy (non-hydrogen) atoms. The summed E-state index contributed by atoms with van der Waals surface area (Å²) in [5.74, 6) is -0.205. The fraction of sp³-hybridized carbons (Fsp3) is 0.706. The second-order valence-electron chi connectivity index (χ2n) is 6.49. The fourth-order valence-electron chi connectivity index (χ4n) is 2.88. The molecule has 3 amide bonds. The molecule has 134 valence electrons. The lowest BCUT2D eigenvalue weighted by Crippen LogP contribution is -2.51. The average molecular weight is 353 g/mol. The van der Waals surface area contributed by atoms with Crippen molar-refractivity contribution in [3.63, 3.8) is 0 Å². The van der Waals surface area contributed by atoms with Gasteiger partial charge in [-0.15, -0.1) is 11.3 Å². The Morgan fingerprint density at radius 1 is 1.38 bits per heavy atom. The van der Waals surface area contributed by atoms with Crippen LogP contribution in [-0.4, -0.2) is 40.5 Å². The van der Waals surface area contributed by atoms with Crippen LogP contribution < -0.4 is 10.6 Å². The minimum Gasteiger partial charge on any atom is -0.335 e. The van der Waals surface area contributed by atoms with Crippen molar-refractivity contribution >= 4 is 28.4 Å². The molecule has 1 aliphatic rings. The van der Waals surface area contributed by atoms with Crippen LogP contribution in [0.25, 0.3) is 0 Å². The van der Waals surface area contributed by atoms with Crippen LogP contribution >= 0.6 is 11.3 Å². The molecule has 1 aromatic heterocycles. The van der Waals surface area contributed by atoms with Crippen molar-refractivity contribution in [3.05, 3.63) is 11.1 Å². The molecule has 1 aromatic rings. The van der Waals surface area contributed by atoms with E-state index < -0.39 is 0 Å². The van der Waals surface area contributed by atoms with Gasteiger partial charge in [0, 0.05) is 23.2 Å². The quantitative estimate of drug-likeness (QED) is 0.822. The number of aromatic nitrogens is 1. The Hall–Kier alpha value is -1.63. The van der Waals surface area contributed by atoms with Crippen molar-refractivity contribution in [3.8, 4) is 0 Å². The lowest BCUT2D eigenvalue weighted by molar-refractivity contribution is -0.117. The highest BCUT2D eigenvalue weighted by Crippen LogP contribution is 2.19. The molecular weight excluding hydrogens is 324 g/mol. The van der Waals surface area contributed by atoms with Gasteiger partial charge in [0.1, 0.15) is 6.54 Å². The van der Waals surface area contributed by atoms with E-state index in [0.717, 1.165) is 37.0 Å². The van der Waals surface area contributed by atoms with Crippen LogP contribution in [0.5, 0.6) is 0 Å². The lowest BCUT2D eigenvalue weighted by atomic mass is 9.96. The van der Waals surface area contributed by atoms with Crippen LogP contribution in [0.1, 0.15) is 57.2 Å². The Bertz CT molecular complexity index is 555. The zero-order chi connectivity index (χ0) is 17.5. The topological polar surface area (TPSA) is 74.3 Å². The lowest BCUT2D eigenvalue weighted by Gasteiger charge is -2.31. The Morgan fingerprint density at radius 2 is 2.08 bits per heavy atom. The third kappa shape index (κ3) is 5.47. The smallest absolute Gasteiger partial charge is 0.318 e. The number of carbonyl (C=O) groups excluding carboxylic acids is 2. The van der Waals surface area contributed by atoms with Crippen LogP contribution in [0.4, 0.5) is 9.93 Å². The van der Waals surface area contributed by atoms with Crippen LogP contribution in [0.2, 0.25) is 0 Å². The van der Waals surface area contributed by atoms with Gasteiger partial charge in [-0.25, -0.2) is 9.78 Å². The number of urea groups is 1. The highest BCUT2D eigenvalue weighted by Gasteiger charge is 2.25. The molecule has 1 fully saturated rings. The van der Waals surface area contributed by atoms with E-state index >= 15 is 0 Å². The van der Waals surface area contributed by atoms with E-state index in [9.17, 15) is 9.59 Å². The predicted octanol–water partition coefficient (Wildman–Crippen LogP) is 3.53. The van der Waals surface area contributed by atoms with Gasteiger partial charge in [0.05, 0.1) is 0 Å². The van der Waals surface area contributed by atoms with E-state index in [-0.39, 0.29) is 30.6 Å². The minimum atomic E-state index is -0.205. The minimum absolute atomic E-state index is 0.0115. The molecule has 6 nitrogen and oxygen atoms in total. The molecule has 1 atom stereocenters. The van der Waals surface area contributed by atoms with Gasteiger partial charge in [-0.1, -0.05) is 26.2 Å². The summed E-state index contributed by atoms with van der Waals surface area (Å²) >= 11 is 1.43. The molecule has 0 aliphatic heterocycles. The molecule has 1 unspecified atom stereocenters. The number of amides is 3. The SMILES string of the molecule is CCC(C)N(CC(=O)Nc1ncc(C)s1)C(=O)NC1CCCCC1. The number of nitrogens with one attached hydrogen (secondary N) is 2. The predicted molar refractivity (Wildman–Crippen MR) is 97.3 cm³/mol. The Morgan fingerprint density at radius 3 is 2.67 bits per heavy atom. The van der Waals surface area contributed by atoms with Crippen LogP contribution in [0, 0.1) is 6.92 Å². The normalized spacial score (nSPS) is 16.5. The second kappa shape index (κ2) is 9.01. The Labute approximate surface area is 148 Å². The molecule has 0 saturated heterocycles. The number of hydrogen-bond acceptors (Lipinski definition) is 4. The van der Waals surface area contributed by atoms with Gasteiger partial charge >= 0.3 is 6.03 Å². The Balaban J connectivity index is 1.93. The maximum atomic E-state index is 12.6. The second-order valence-corrected chi connectivity index (χ2v) is 7.73. The first-order chi connectivity index (χ1) is 11.5. The van der Waals surface area contributed by atoms with Crippen molar-refractivity contribution in [1.82, 2.24) is 15.2 Å². The molecule has 2 N–H and O–H groups in total. The number of nitrogens with zero attached hydrogens (tertiary/aromatic N) is 2. The van der Waals surface area contributed by atoms with Gasteiger partial charge in [-0.05, 0) is 33.1 Å². The average Bonchev–Trinajstić information content (AvgIpc) is 2.97. The van der Waals surface area contributed by atoms with Gasteiger partial charge in [-0.2, -0.15) is 0 Å². The van der Waals surface area contributed by atoms with Crippen molar-refractivity contribution in [2.45, 2.75) is 71.4 Å². The highest BCUT2D eigenvalue weighted by atomic mass is 32.1. The molecule has 0 radical (unpaired) electrons. The monoisotopic (exact) mass is 352 g/mol. The summed E-state index contributed by atoms with van der Waals surface area (Å²) in [6, 6.07) is 0.113. The van der Waals surface area contributed by atoms with Gasteiger partial charge in [0.15, 0.2) is 5.13 Å². The third-order valence-corrected chi connectivity index (χ3v) is 5.33. The van der Waals surface area contributed by atoms with Crippen LogP contribution in [0.3, 0.4) is 0 Å². The van der Waals surface area contributed by atoms with E-state index in [1.807, 2.05) is 20.8 Å². The summed E-state index contributed by atoms with van der Waals surface area (Å²) in [7, 11) is 0. The number of rotatable bonds is 6. The maximum absolute atomic E-state index is 12.6. The molecule has 1 aliphatic carbocycles. The van der Waals surface area contributed by atoms with Gasteiger partial charge in [0.25, 0.3) is 0 Å². The molecule has 0 aromatic carbocycles. The standard InChI is InChI=1S/C17H28N4O2S/c1-4-12(2)21(17(23)19-14-8-6-5-7-9-14)11-15(22)20-16-18-10-13(3)24-16/h10,12,14H,4-9,11H2,1-3H3,(H,19,23)(H,18,20,22). The molecule has 1 saturated carbocycles. The molecular formula is C17H28N4O2S. The number of hydrogen-bond donors (Lipinski definition) is 2. The molecule has 0 spiro atoms. The fourth-order valence-corrected chi connectivity index (χ4v) is 3.56. The summed E-state index contributed by atoms with van der Waals surface area (Å²) < 4.78 is 0. The van der Waals surface area contributed by atoms with E-state index in [1.165, 1.54) is 17.8 Å².